The molecule has 0 saturated carbocycles. The molecule has 3 aromatic carbocycles. The highest BCUT2D eigenvalue weighted by molar-refractivity contribution is 7.99. The fourth-order valence-electron chi connectivity index (χ4n) is 3.85. The van der Waals surface area contributed by atoms with E-state index in [0.717, 1.165) is 35.0 Å². The maximum atomic E-state index is 13.5. The van der Waals surface area contributed by atoms with Gasteiger partial charge in [-0.05, 0) is 55.3 Å². The number of carbonyl (C=O) groups excluding carboxylic acids is 1. The third-order valence-electron chi connectivity index (χ3n) is 5.54. The van der Waals surface area contributed by atoms with Crippen LogP contribution in [-0.4, -0.2) is 30.8 Å². The molecule has 10 heteroatoms. The lowest BCUT2D eigenvalue weighted by molar-refractivity contribution is -0.113. The van der Waals surface area contributed by atoms with Crippen LogP contribution in [0.4, 0.5) is 14.5 Å². The first-order valence-corrected chi connectivity index (χ1v) is 11.7. The van der Waals surface area contributed by atoms with Crippen molar-refractivity contribution in [3.8, 4) is 5.69 Å². The summed E-state index contributed by atoms with van der Waals surface area (Å²) in [4.78, 5) is 26.0. The average molecular weight is 492 g/mol. The largest absolute Gasteiger partial charge is 0.325 e. The smallest absolute Gasteiger partial charge is 0.267 e. The topological polar surface area (TPSA) is 81.3 Å². The van der Waals surface area contributed by atoms with Crippen LogP contribution in [0.1, 0.15) is 11.1 Å². The van der Waals surface area contributed by atoms with Crippen molar-refractivity contribution in [3.05, 3.63) is 93.8 Å². The van der Waals surface area contributed by atoms with Crippen molar-refractivity contribution >= 4 is 40.0 Å². The standard InChI is InChI=1S/C25H19F2N5O2S/c1-14-7-8-15(2)21(11-14)31-23(34)17-5-3-4-6-20(17)32-24(31)29-30-25(32)35-13-22(33)28-16-9-10-18(26)19(27)12-16/h3-12H,13H2,1-2H3,(H,28,33). The minimum absolute atomic E-state index is 0.0588. The minimum Gasteiger partial charge on any atom is -0.325 e. The van der Waals surface area contributed by atoms with Gasteiger partial charge in [0.05, 0.1) is 22.3 Å². The number of aryl methyl sites for hydroxylation is 2. The predicted octanol–water partition coefficient (Wildman–Crippen LogP) is 4.66. The molecule has 0 bridgehead atoms. The minimum atomic E-state index is -1.05. The molecule has 1 N–H and O–H groups in total. The molecule has 2 aromatic heterocycles. The number of para-hydroxylation sites is 1. The summed E-state index contributed by atoms with van der Waals surface area (Å²) in [6.07, 6.45) is 0. The van der Waals surface area contributed by atoms with Gasteiger partial charge in [-0.2, -0.15) is 0 Å². The van der Waals surface area contributed by atoms with Gasteiger partial charge in [0.15, 0.2) is 16.8 Å². The van der Waals surface area contributed by atoms with Gasteiger partial charge in [-0.25, -0.2) is 13.3 Å². The molecule has 0 spiro atoms. The summed E-state index contributed by atoms with van der Waals surface area (Å²) in [5, 5.41) is 12.0. The Morgan fingerprint density at radius 3 is 2.60 bits per heavy atom. The van der Waals surface area contributed by atoms with E-state index in [1.54, 1.807) is 22.6 Å². The summed E-state index contributed by atoms with van der Waals surface area (Å²) < 4.78 is 29.9. The van der Waals surface area contributed by atoms with Crippen LogP contribution in [0, 0.1) is 25.5 Å². The van der Waals surface area contributed by atoms with E-state index in [9.17, 15) is 18.4 Å². The monoisotopic (exact) mass is 491 g/mol. The van der Waals surface area contributed by atoms with Gasteiger partial charge >= 0.3 is 0 Å². The molecule has 0 aliphatic rings. The second kappa shape index (κ2) is 8.95. The number of amides is 1. The molecule has 0 saturated heterocycles. The molecular formula is C25H19F2N5O2S. The second-order valence-corrected chi connectivity index (χ2v) is 8.97. The van der Waals surface area contributed by atoms with Gasteiger partial charge in [-0.3, -0.25) is 14.0 Å². The van der Waals surface area contributed by atoms with Gasteiger partial charge in [0.25, 0.3) is 5.56 Å². The Labute approximate surface area is 202 Å². The van der Waals surface area contributed by atoms with Crippen LogP contribution in [0.25, 0.3) is 22.4 Å². The first kappa shape index (κ1) is 22.7. The fourth-order valence-corrected chi connectivity index (χ4v) is 4.59. The zero-order chi connectivity index (χ0) is 24.7. The SMILES string of the molecule is Cc1ccc(C)c(-n2c(=O)c3ccccc3n3c(SCC(=O)Nc4ccc(F)c(F)c4)nnc23)c1. The Kier molecular flexibility index (Phi) is 5.81. The molecule has 1 amide bonds. The molecule has 0 atom stereocenters. The zero-order valence-electron chi connectivity index (χ0n) is 18.8. The second-order valence-electron chi connectivity index (χ2n) is 8.03. The molecule has 0 radical (unpaired) electrons. The van der Waals surface area contributed by atoms with E-state index < -0.39 is 17.5 Å². The van der Waals surface area contributed by atoms with E-state index >= 15 is 0 Å². The molecule has 5 rings (SSSR count). The maximum absolute atomic E-state index is 13.5. The maximum Gasteiger partial charge on any atom is 0.267 e. The summed E-state index contributed by atoms with van der Waals surface area (Å²) in [6, 6.07) is 16.1. The third kappa shape index (κ3) is 4.17. The lowest BCUT2D eigenvalue weighted by Gasteiger charge is -2.14. The van der Waals surface area contributed by atoms with Crippen molar-refractivity contribution in [1.82, 2.24) is 19.2 Å². The molecule has 0 fully saturated rings. The first-order valence-electron chi connectivity index (χ1n) is 10.7. The summed E-state index contributed by atoms with van der Waals surface area (Å²) in [7, 11) is 0. The van der Waals surface area contributed by atoms with E-state index in [1.807, 2.05) is 38.1 Å². The van der Waals surface area contributed by atoms with Gasteiger partial charge in [-0.15, -0.1) is 10.2 Å². The van der Waals surface area contributed by atoms with Crippen LogP contribution < -0.4 is 10.9 Å². The quantitative estimate of drug-likeness (QED) is 0.362. The Hall–Kier alpha value is -4.05. The van der Waals surface area contributed by atoms with Gasteiger partial charge in [0.2, 0.25) is 11.7 Å². The number of aromatic nitrogens is 4. The van der Waals surface area contributed by atoms with E-state index in [2.05, 4.69) is 15.5 Å². The Morgan fingerprint density at radius 2 is 1.80 bits per heavy atom. The average Bonchev–Trinajstić information content (AvgIpc) is 3.26. The van der Waals surface area contributed by atoms with Gasteiger partial charge in [-0.1, -0.05) is 36.0 Å². The lowest BCUT2D eigenvalue weighted by atomic mass is 10.1. The molecule has 7 nitrogen and oxygen atoms in total. The highest BCUT2D eigenvalue weighted by atomic mass is 32.2. The fraction of sp³-hybridized carbons (Fsp3) is 0.120. The van der Waals surface area contributed by atoms with Crippen molar-refractivity contribution in [3.63, 3.8) is 0 Å². The van der Waals surface area contributed by atoms with Crippen LogP contribution in [0.2, 0.25) is 0 Å². The first-order chi connectivity index (χ1) is 16.8. The Morgan fingerprint density at radius 1 is 1.00 bits per heavy atom. The molecular weight excluding hydrogens is 472 g/mol. The summed E-state index contributed by atoms with van der Waals surface area (Å²) in [6.45, 7) is 3.87. The number of nitrogens with one attached hydrogen (secondary N) is 1. The molecule has 2 heterocycles. The summed E-state index contributed by atoms with van der Waals surface area (Å²) in [5.74, 6) is -2.20. The van der Waals surface area contributed by atoms with Gasteiger partial charge in [0, 0.05) is 11.8 Å². The Balaban J connectivity index is 1.56. The summed E-state index contributed by atoms with van der Waals surface area (Å²) >= 11 is 1.12. The van der Waals surface area contributed by atoms with Crippen molar-refractivity contribution in [2.45, 2.75) is 19.0 Å². The zero-order valence-corrected chi connectivity index (χ0v) is 19.6. The number of fused-ring (bicyclic) bond motifs is 3. The van der Waals surface area contributed by atoms with Crippen LogP contribution in [-0.2, 0) is 4.79 Å². The van der Waals surface area contributed by atoms with Crippen LogP contribution >= 0.6 is 11.8 Å². The number of benzene rings is 3. The van der Waals surface area contributed by atoms with E-state index in [-0.39, 0.29) is 17.0 Å². The predicted molar refractivity (Wildman–Crippen MR) is 131 cm³/mol. The van der Waals surface area contributed by atoms with Crippen LogP contribution in [0.15, 0.2) is 70.6 Å². The molecule has 5 aromatic rings. The normalized spacial score (nSPS) is 11.3. The number of thioether (sulfide) groups is 1. The van der Waals surface area contributed by atoms with E-state index in [4.69, 9.17) is 0 Å². The van der Waals surface area contributed by atoms with Gasteiger partial charge in [0.1, 0.15) is 0 Å². The summed E-state index contributed by atoms with van der Waals surface area (Å²) in [5.41, 5.74) is 3.13. The number of carbonyl (C=O) groups is 1. The van der Waals surface area contributed by atoms with Crippen molar-refractivity contribution in [1.29, 1.82) is 0 Å². The molecule has 0 unspecified atom stereocenters. The number of anilines is 1. The molecule has 176 valence electrons. The van der Waals surface area contributed by atoms with E-state index in [0.29, 0.717) is 27.5 Å². The highest BCUT2D eigenvalue weighted by Gasteiger charge is 2.19. The van der Waals surface area contributed by atoms with Crippen LogP contribution in [0.3, 0.4) is 0 Å². The van der Waals surface area contributed by atoms with Gasteiger partial charge < -0.3 is 5.32 Å². The lowest BCUT2D eigenvalue weighted by Crippen LogP contribution is -2.22. The number of hydrogen-bond acceptors (Lipinski definition) is 5. The van der Waals surface area contributed by atoms with Crippen molar-refractivity contribution in [2.24, 2.45) is 0 Å². The number of hydrogen-bond donors (Lipinski definition) is 1. The molecule has 0 aliphatic heterocycles. The van der Waals surface area contributed by atoms with Crippen LogP contribution in [0.5, 0.6) is 0 Å². The highest BCUT2D eigenvalue weighted by Crippen LogP contribution is 2.25. The van der Waals surface area contributed by atoms with Crippen molar-refractivity contribution < 1.29 is 13.6 Å². The number of nitrogens with zero attached hydrogens (tertiary/aromatic N) is 4. The third-order valence-corrected chi connectivity index (χ3v) is 6.46. The number of halogens is 2. The number of rotatable bonds is 5. The van der Waals surface area contributed by atoms with E-state index in [1.165, 1.54) is 10.6 Å². The molecule has 35 heavy (non-hydrogen) atoms. The Bertz CT molecular complexity index is 1680. The van der Waals surface area contributed by atoms with Crippen molar-refractivity contribution in [2.75, 3.05) is 11.1 Å². The molecule has 0 aliphatic carbocycles.